The quantitative estimate of drug-likeness (QED) is 0.892. The molecule has 0 unspecified atom stereocenters. The van der Waals surface area contributed by atoms with Crippen LogP contribution in [0.1, 0.15) is 43.2 Å². The number of fused-ring (bicyclic) bond motifs is 1. The molecule has 4 heteroatoms. The van der Waals surface area contributed by atoms with Crippen LogP contribution in [0.2, 0.25) is 0 Å². The van der Waals surface area contributed by atoms with Crippen molar-refractivity contribution in [3.63, 3.8) is 0 Å². The van der Waals surface area contributed by atoms with E-state index in [0.717, 1.165) is 16.4 Å². The normalized spacial score (nSPS) is 16.6. The van der Waals surface area contributed by atoms with E-state index in [1.54, 1.807) is 18.4 Å². The zero-order valence-corrected chi connectivity index (χ0v) is 13.3. The molecular weight excluding hydrogens is 268 g/mol. The van der Waals surface area contributed by atoms with E-state index < -0.39 is 0 Å². The van der Waals surface area contributed by atoms with Crippen molar-refractivity contribution in [2.45, 2.75) is 52.0 Å². The van der Waals surface area contributed by atoms with Crippen LogP contribution in [0.3, 0.4) is 0 Å². The number of thiazole rings is 1. The minimum absolute atomic E-state index is 0.604. The van der Waals surface area contributed by atoms with Gasteiger partial charge in [-0.25, -0.2) is 4.98 Å². The molecule has 1 N–H and O–H groups in total. The molecule has 0 bridgehead atoms. The van der Waals surface area contributed by atoms with Crippen molar-refractivity contribution in [2.24, 2.45) is 0 Å². The van der Waals surface area contributed by atoms with Gasteiger partial charge in [-0.2, -0.15) is 0 Å². The first kappa shape index (κ1) is 13.7. The van der Waals surface area contributed by atoms with E-state index >= 15 is 0 Å². The van der Waals surface area contributed by atoms with Crippen LogP contribution in [0, 0.1) is 13.8 Å². The van der Waals surface area contributed by atoms with Crippen LogP contribution in [-0.4, -0.2) is 18.1 Å². The molecule has 1 aliphatic rings. The van der Waals surface area contributed by atoms with Crippen LogP contribution < -0.4 is 10.1 Å². The minimum Gasteiger partial charge on any atom is -0.496 e. The van der Waals surface area contributed by atoms with E-state index in [9.17, 15) is 0 Å². The lowest BCUT2D eigenvalue weighted by atomic mass is 9.96. The van der Waals surface area contributed by atoms with Gasteiger partial charge in [0.25, 0.3) is 0 Å². The molecule has 3 rings (SSSR count). The second kappa shape index (κ2) is 5.60. The smallest absolute Gasteiger partial charge is 0.184 e. The van der Waals surface area contributed by atoms with Crippen LogP contribution in [0.25, 0.3) is 10.2 Å². The summed E-state index contributed by atoms with van der Waals surface area (Å²) in [4.78, 5) is 4.79. The first-order chi connectivity index (χ1) is 9.69. The van der Waals surface area contributed by atoms with Crippen LogP contribution in [0.4, 0.5) is 5.13 Å². The van der Waals surface area contributed by atoms with E-state index in [1.165, 1.54) is 47.9 Å². The Kier molecular flexibility index (Phi) is 3.83. The highest BCUT2D eigenvalue weighted by molar-refractivity contribution is 7.22. The summed E-state index contributed by atoms with van der Waals surface area (Å²) >= 11 is 1.74. The van der Waals surface area contributed by atoms with Crippen LogP contribution in [0.5, 0.6) is 5.75 Å². The molecule has 2 aromatic rings. The average molecular weight is 290 g/mol. The van der Waals surface area contributed by atoms with E-state index in [-0.39, 0.29) is 0 Å². The lowest BCUT2D eigenvalue weighted by Crippen LogP contribution is -2.21. The second-order valence-corrected chi connectivity index (χ2v) is 6.70. The molecule has 20 heavy (non-hydrogen) atoms. The number of hydrogen-bond donors (Lipinski definition) is 1. The van der Waals surface area contributed by atoms with Gasteiger partial charge in [0.2, 0.25) is 0 Å². The van der Waals surface area contributed by atoms with Gasteiger partial charge >= 0.3 is 0 Å². The summed E-state index contributed by atoms with van der Waals surface area (Å²) < 4.78 is 6.66. The van der Waals surface area contributed by atoms with Crippen molar-refractivity contribution in [3.8, 4) is 5.75 Å². The molecule has 0 spiro atoms. The average Bonchev–Trinajstić information content (AvgIpc) is 2.86. The van der Waals surface area contributed by atoms with Gasteiger partial charge in [-0.3, -0.25) is 0 Å². The Labute approximate surface area is 124 Å². The fourth-order valence-corrected chi connectivity index (χ4v) is 4.02. The molecule has 108 valence electrons. The summed E-state index contributed by atoms with van der Waals surface area (Å²) in [6.07, 6.45) is 6.62. The number of nitrogens with zero attached hydrogens (tertiary/aromatic N) is 1. The summed E-state index contributed by atoms with van der Waals surface area (Å²) in [5.74, 6) is 0.961. The van der Waals surface area contributed by atoms with Gasteiger partial charge in [-0.15, -0.1) is 0 Å². The predicted octanol–water partition coefficient (Wildman–Crippen LogP) is 4.67. The van der Waals surface area contributed by atoms with Crippen LogP contribution in [-0.2, 0) is 0 Å². The Morgan fingerprint density at radius 2 is 1.95 bits per heavy atom. The number of methoxy groups -OCH3 is 1. The van der Waals surface area contributed by atoms with Gasteiger partial charge in [-0.05, 0) is 43.9 Å². The summed E-state index contributed by atoms with van der Waals surface area (Å²) in [7, 11) is 1.73. The number of rotatable bonds is 3. The molecule has 0 radical (unpaired) electrons. The third-order valence-corrected chi connectivity index (χ3v) is 5.29. The van der Waals surface area contributed by atoms with Crippen molar-refractivity contribution >= 4 is 26.7 Å². The highest BCUT2D eigenvalue weighted by atomic mass is 32.1. The van der Waals surface area contributed by atoms with Gasteiger partial charge in [0, 0.05) is 6.04 Å². The molecule has 0 saturated heterocycles. The van der Waals surface area contributed by atoms with Crippen molar-refractivity contribution in [2.75, 3.05) is 12.4 Å². The molecule has 3 nitrogen and oxygen atoms in total. The Morgan fingerprint density at radius 3 is 2.65 bits per heavy atom. The Hall–Kier alpha value is -1.29. The SMILES string of the molecule is COc1cc2sc(NC3CCCCC3)nc2c(C)c1C. The topological polar surface area (TPSA) is 34.1 Å². The van der Waals surface area contributed by atoms with E-state index in [2.05, 4.69) is 25.2 Å². The molecule has 0 amide bonds. The second-order valence-electron chi connectivity index (χ2n) is 5.67. The summed E-state index contributed by atoms with van der Waals surface area (Å²) in [5.41, 5.74) is 3.54. The first-order valence-electron chi connectivity index (χ1n) is 7.40. The molecule has 1 aromatic heterocycles. The molecule has 1 aromatic carbocycles. The third-order valence-electron chi connectivity index (χ3n) is 4.36. The van der Waals surface area contributed by atoms with Gasteiger partial charge in [0.1, 0.15) is 5.75 Å². The van der Waals surface area contributed by atoms with Gasteiger partial charge < -0.3 is 10.1 Å². The monoisotopic (exact) mass is 290 g/mol. The predicted molar refractivity (Wildman–Crippen MR) is 86.1 cm³/mol. The number of hydrogen-bond acceptors (Lipinski definition) is 4. The molecule has 0 aliphatic heterocycles. The number of aryl methyl sites for hydroxylation is 1. The minimum atomic E-state index is 0.604. The third kappa shape index (κ3) is 2.49. The number of ether oxygens (including phenoxy) is 1. The van der Waals surface area contributed by atoms with Gasteiger partial charge in [0.05, 0.1) is 17.3 Å². The van der Waals surface area contributed by atoms with Gasteiger partial charge in [0.15, 0.2) is 5.13 Å². The maximum Gasteiger partial charge on any atom is 0.184 e. The molecular formula is C16H22N2OS. The molecule has 1 heterocycles. The molecule has 1 fully saturated rings. The summed E-state index contributed by atoms with van der Waals surface area (Å²) in [6.45, 7) is 4.23. The maximum absolute atomic E-state index is 5.45. The Bertz CT molecular complexity index is 614. The zero-order valence-electron chi connectivity index (χ0n) is 12.5. The van der Waals surface area contributed by atoms with Crippen molar-refractivity contribution in [3.05, 3.63) is 17.2 Å². The highest BCUT2D eigenvalue weighted by Crippen LogP contribution is 2.35. The lowest BCUT2D eigenvalue weighted by Gasteiger charge is -2.22. The molecule has 1 saturated carbocycles. The molecule has 0 atom stereocenters. The number of benzene rings is 1. The summed E-state index contributed by atoms with van der Waals surface area (Å²) in [6, 6.07) is 2.72. The van der Waals surface area contributed by atoms with Gasteiger partial charge in [-0.1, -0.05) is 30.6 Å². The number of anilines is 1. The van der Waals surface area contributed by atoms with Crippen molar-refractivity contribution in [1.82, 2.24) is 4.98 Å². The maximum atomic E-state index is 5.45. The highest BCUT2D eigenvalue weighted by Gasteiger charge is 2.16. The van der Waals surface area contributed by atoms with Crippen LogP contribution >= 0.6 is 11.3 Å². The van der Waals surface area contributed by atoms with E-state index in [0.29, 0.717) is 6.04 Å². The standard InChI is InChI=1S/C16H22N2OS/c1-10-11(2)15-14(9-13(10)19-3)20-16(18-15)17-12-7-5-4-6-8-12/h9,12H,4-8H2,1-3H3,(H,17,18). The van der Waals surface area contributed by atoms with Crippen molar-refractivity contribution < 1.29 is 4.74 Å². The lowest BCUT2D eigenvalue weighted by molar-refractivity contribution is 0.412. The van der Waals surface area contributed by atoms with E-state index in [4.69, 9.17) is 9.72 Å². The summed E-state index contributed by atoms with van der Waals surface area (Å²) in [5, 5.41) is 4.68. The fourth-order valence-electron chi connectivity index (χ4n) is 2.98. The van der Waals surface area contributed by atoms with Crippen molar-refractivity contribution in [1.29, 1.82) is 0 Å². The van der Waals surface area contributed by atoms with Crippen LogP contribution in [0.15, 0.2) is 6.07 Å². The largest absolute Gasteiger partial charge is 0.496 e. The fraction of sp³-hybridized carbons (Fsp3) is 0.562. The first-order valence-corrected chi connectivity index (χ1v) is 8.22. The number of nitrogens with one attached hydrogen (secondary N) is 1. The Morgan fingerprint density at radius 1 is 1.20 bits per heavy atom. The molecule has 1 aliphatic carbocycles. The number of aromatic nitrogens is 1. The zero-order chi connectivity index (χ0) is 14.1. The van der Waals surface area contributed by atoms with E-state index in [1.807, 2.05) is 0 Å². The Balaban J connectivity index is 1.91.